The predicted octanol–water partition coefficient (Wildman–Crippen LogP) is 3.42. The first-order chi connectivity index (χ1) is 16.3. The Hall–Kier alpha value is -3.01. The molecule has 2 aromatic carbocycles. The van der Waals surface area contributed by atoms with Crippen LogP contribution in [0.25, 0.3) is 11.5 Å². The molecule has 2 atom stereocenters. The number of aromatic nitrogens is 1. The Morgan fingerprint density at radius 3 is 2.32 bits per heavy atom. The summed E-state index contributed by atoms with van der Waals surface area (Å²) in [6.07, 6.45) is 4.54. The molecule has 9 heteroatoms. The van der Waals surface area contributed by atoms with E-state index < -0.39 is 22.2 Å². The molecule has 1 fully saturated rings. The van der Waals surface area contributed by atoms with Crippen LogP contribution >= 0.6 is 0 Å². The Morgan fingerprint density at radius 1 is 1.06 bits per heavy atom. The topological polar surface area (TPSA) is 122 Å². The summed E-state index contributed by atoms with van der Waals surface area (Å²) >= 11 is 0. The average Bonchev–Trinajstić information content (AvgIpc) is 3.38. The van der Waals surface area contributed by atoms with Crippen LogP contribution in [0.3, 0.4) is 0 Å². The lowest BCUT2D eigenvalue weighted by Gasteiger charge is -2.30. The lowest BCUT2D eigenvalue weighted by molar-refractivity contribution is -0.127. The number of aliphatic hydroxyl groups excluding tert-OH is 1. The smallest absolute Gasteiger partial charge is 0.240 e. The summed E-state index contributed by atoms with van der Waals surface area (Å²) in [6.45, 7) is 1.65. The Kier molecular flexibility index (Phi) is 7.45. The third-order valence-electron chi connectivity index (χ3n) is 6.20. The first kappa shape index (κ1) is 24.1. The molecule has 1 saturated carbocycles. The second-order valence-corrected chi connectivity index (χ2v) is 10.4. The van der Waals surface area contributed by atoms with Gasteiger partial charge in [-0.1, -0.05) is 30.3 Å². The van der Waals surface area contributed by atoms with Crippen LogP contribution in [-0.4, -0.2) is 36.6 Å². The van der Waals surface area contributed by atoms with Crippen LogP contribution in [0.2, 0.25) is 0 Å². The molecule has 0 bridgehead atoms. The number of rotatable bonds is 8. The molecule has 180 valence electrons. The number of hydrogen-bond acceptors (Lipinski definition) is 6. The van der Waals surface area contributed by atoms with Crippen LogP contribution in [0.15, 0.2) is 76.4 Å². The molecule has 34 heavy (non-hydrogen) atoms. The molecule has 0 aliphatic heterocycles. The number of carbonyl (C=O) groups excluding carboxylic acids is 1. The summed E-state index contributed by atoms with van der Waals surface area (Å²) in [7, 11) is -3.68. The van der Waals surface area contributed by atoms with Crippen molar-refractivity contribution in [3.05, 3.63) is 72.6 Å². The molecule has 1 heterocycles. The van der Waals surface area contributed by atoms with E-state index in [2.05, 4.69) is 15.0 Å². The minimum atomic E-state index is -3.68. The fourth-order valence-corrected chi connectivity index (χ4v) is 5.62. The molecule has 8 nitrogen and oxygen atoms in total. The van der Waals surface area contributed by atoms with Gasteiger partial charge in [-0.05, 0) is 62.4 Å². The molecule has 1 amide bonds. The van der Waals surface area contributed by atoms with Crippen molar-refractivity contribution in [2.75, 3.05) is 0 Å². The molecule has 1 aliphatic rings. The number of oxazole rings is 1. The second kappa shape index (κ2) is 10.5. The van der Waals surface area contributed by atoms with Gasteiger partial charge >= 0.3 is 0 Å². The summed E-state index contributed by atoms with van der Waals surface area (Å²) in [5.74, 6) is 0.0996. The van der Waals surface area contributed by atoms with E-state index in [0.29, 0.717) is 37.1 Å². The second-order valence-electron chi connectivity index (χ2n) is 8.67. The number of nitrogens with zero attached hydrogens (tertiary/aromatic N) is 1. The van der Waals surface area contributed by atoms with E-state index in [0.717, 1.165) is 5.56 Å². The van der Waals surface area contributed by atoms with Gasteiger partial charge in [-0.3, -0.25) is 4.79 Å². The van der Waals surface area contributed by atoms with Crippen LogP contribution in [0, 0.1) is 5.92 Å². The number of aliphatic hydroxyl groups is 1. The first-order valence-electron chi connectivity index (χ1n) is 11.4. The van der Waals surface area contributed by atoms with E-state index in [1.165, 1.54) is 24.6 Å². The number of benzene rings is 2. The minimum Gasteiger partial charge on any atom is -0.445 e. The van der Waals surface area contributed by atoms with E-state index in [4.69, 9.17) is 4.42 Å². The van der Waals surface area contributed by atoms with E-state index in [1.54, 1.807) is 19.1 Å². The van der Waals surface area contributed by atoms with Crippen LogP contribution in [0.4, 0.5) is 0 Å². The van der Waals surface area contributed by atoms with Gasteiger partial charge in [0.2, 0.25) is 21.8 Å². The highest BCUT2D eigenvalue weighted by Crippen LogP contribution is 2.28. The SMILES string of the molecule is C[C@@H](O)[C@@H](NC(=O)C1CCC(NS(=O)(=O)c2ccc(-c3ncco3)cc2)CC1)c1ccccc1. The van der Waals surface area contributed by atoms with Crippen molar-refractivity contribution in [2.45, 2.75) is 55.7 Å². The zero-order valence-corrected chi connectivity index (χ0v) is 19.7. The molecule has 1 aliphatic carbocycles. The molecule has 3 aromatic rings. The van der Waals surface area contributed by atoms with Crippen LogP contribution in [0.1, 0.15) is 44.2 Å². The molecule has 1 aromatic heterocycles. The highest BCUT2D eigenvalue weighted by Gasteiger charge is 2.31. The summed E-state index contributed by atoms with van der Waals surface area (Å²) in [6, 6.07) is 15.0. The number of sulfonamides is 1. The lowest BCUT2D eigenvalue weighted by Crippen LogP contribution is -2.43. The number of hydrogen-bond donors (Lipinski definition) is 3. The van der Waals surface area contributed by atoms with Gasteiger partial charge in [-0.15, -0.1) is 0 Å². The maximum atomic E-state index is 12.9. The van der Waals surface area contributed by atoms with Crippen molar-refractivity contribution in [1.29, 1.82) is 0 Å². The van der Waals surface area contributed by atoms with Crippen molar-refractivity contribution >= 4 is 15.9 Å². The summed E-state index contributed by atoms with van der Waals surface area (Å²) in [4.78, 5) is 17.1. The fraction of sp³-hybridized carbons (Fsp3) is 0.360. The molecule has 0 spiro atoms. The zero-order valence-electron chi connectivity index (χ0n) is 18.9. The Balaban J connectivity index is 1.32. The largest absolute Gasteiger partial charge is 0.445 e. The van der Waals surface area contributed by atoms with Gasteiger partial charge in [0.1, 0.15) is 6.26 Å². The zero-order chi connectivity index (χ0) is 24.1. The number of nitrogens with one attached hydrogen (secondary N) is 2. The van der Waals surface area contributed by atoms with Crippen LogP contribution < -0.4 is 10.0 Å². The van der Waals surface area contributed by atoms with Gasteiger partial charge in [-0.2, -0.15) is 0 Å². The fourth-order valence-electron chi connectivity index (χ4n) is 4.32. The first-order valence-corrected chi connectivity index (χ1v) is 12.9. The van der Waals surface area contributed by atoms with Crippen molar-refractivity contribution in [3.8, 4) is 11.5 Å². The van der Waals surface area contributed by atoms with Gasteiger partial charge in [0.25, 0.3) is 0 Å². The van der Waals surface area contributed by atoms with Crippen LogP contribution in [0.5, 0.6) is 0 Å². The normalized spacial score (nSPS) is 20.4. The molecular weight excluding hydrogens is 454 g/mol. The summed E-state index contributed by atoms with van der Waals surface area (Å²) in [5, 5.41) is 13.1. The third-order valence-corrected chi connectivity index (χ3v) is 7.74. The molecule has 4 rings (SSSR count). The molecule has 3 N–H and O–H groups in total. The van der Waals surface area contributed by atoms with Crippen LogP contribution in [-0.2, 0) is 14.8 Å². The van der Waals surface area contributed by atoms with E-state index in [1.807, 2.05) is 30.3 Å². The highest BCUT2D eigenvalue weighted by atomic mass is 32.2. The van der Waals surface area contributed by atoms with Crippen molar-refractivity contribution in [1.82, 2.24) is 15.0 Å². The van der Waals surface area contributed by atoms with Crippen molar-refractivity contribution < 1.29 is 22.7 Å². The van der Waals surface area contributed by atoms with Crippen molar-refractivity contribution in [2.24, 2.45) is 5.92 Å². The maximum Gasteiger partial charge on any atom is 0.240 e. The highest BCUT2D eigenvalue weighted by molar-refractivity contribution is 7.89. The van der Waals surface area contributed by atoms with E-state index in [-0.39, 0.29) is 22.8 Å². The number of carbonyl (C=O) groups is 1. The molecule has 0 saturated heterocycles. The van der Waals surface area contributed by atoms with E-state index >= 15 is 0 Å². The molecule has 0 radical (unpaired) electrons. The van der Waals surface area contributed by atoms with Gasteiger partial charge in [0, 0.05) is 17.5 Å². The minimum absolute atomic E-state index is 0.113. The summed E-state index contributed by atoms with van der Waals surface area (Å²) in [5.41, 5.74) is 1.54. The third kappa shape index (κ3) is 5.72. The van der Waals surface area contributed by atoms with Gasteiger partial charge in [0.05, 0.1) is 23.2 Å². The molecule has 0 unspecified atom stereocenters. The van der Waals surface area contributed by atoms with Gasteiger partial charge in [0.15, 0.2) is 0 Å². The number of amides is 1. The maximum absolute atomic E-state index is 12.9. The quantitative estimate of drug-likeness (QED) is 0.451. The predicted molar refractivity (Wildman–Crippen MR) is 127 cm³/mol. The van der Waals surface area contributed by atoms with Gasteiger partial charge < -0.3 is 14.8 Å². The average molecular weight is 484 g/mol. The van der Waals surface area contributed by atoms with Crippen molar-refractivity contribution in [3.63, 3.8) is 0 Å². The van der Waals surface area contributed by atoms with Gasteiger partial charge in [-0.25, -0.2) is 18.1 Å². The standard InChI is InChI=1S/C25H29N3O5S/c1-17(29)23(18-5-3-2-4-6-18)27-24(30)19-7-11-21(12-8-19)28-34(31,32)22-13-9-20(10-14-22)25-26-15-16-33-25/h2-6,9-10,13-17,19,21,23,28-29H,7-8,11-12H2,1H3,(H,27,30)/t17-,19?,21?,23-/m1/s1. The lowest BCUT2D eigenvalue weighted by atomic mass is 9.85. The monoisotopic (exact) mass is 483 g/mol. The summed E-state index contributed by atoms with van der Waals surface area (Å²) < 4.78 is 33.7. The molecular formula is C25H29N3O5S. The Bertz CT molecular complexity index is 1170. The van der Waals surface area contributed by atoms with E-state index in [9.17, 15) is 18.3 Å². The Morgan fingerprint density at radius 2 is 1.74 bits per heavy atom. The Labute approximate surface area is 199 Å².